The summed E-state index contributed by atoms with van der Waals surface area (Å²) >= 11 is 2.90. The Hall–Kier alpha value is -3.48. The van der Waals surface area contributed by atoms with Crippen molar-refractivity contribution in [2.24, 2.45) is 0 Å². The number of carbonyl (C=O) groups is 1. The van der Waals surface area contributed by atoms with Crippen molar-refractivity contribution in [2.45, 2.75) is 12.1 Å². The highest BCUT2D eigenvalue weighted by Gasteiger charge is 2.18. The number of Topliss-reactive ketones (excluding diaryl/α,β-unsaturated/α-hetero) is 1. The van der Waals surface area contributed by atoms with Crippen LogP contribution in [-0.4, -0.2) is 21.1 Å². The molecule has 0 unspecified atom stereocenters. The van der Waals surface area contributed by atoms with Crippen LogP contribution in [0.3, 0.4) is 0 Å². The zero-order valence-corrected chi connectivity index (χ0v) is 19.6. The van der Waals surface area contributed by atoms with Gasteiger partial charge < -0.3 is 0 Å². The highest BCUT2D eigenvalue weighted by Crippen LogP contribution is 2.33. The maximum absolute atomic E-state index is 12.7. The van der Waals surface area contributed by atoms with Gasteiger partial charge >= 0.3 is 0 Å². The smallest absolute Gasteiger partial charge is 0.176 e. The number of benzene rings is 3. The molecule has 5 aromatic rings. The zero-order valence-electron chi connectivity index (χ0n) is 18.0. The van der Waals surface area contributed by atoms with Crippen LogP contribution < -0.4 is 5.49 Å². The maximum atomic E-state index is 12.7. The molecule has 3 aromatic carbocycles. The van der Waals surface area contributed by atoms with Crippen LogP contribution in [0.2, 0.25) is 0 Å². The molecule has 4 nitrogen and oxygen atoms in total. The molecule has 0 aliphatic carbocycles. The third-order valence-electron chi connectivity index (χ3n) is 5.43. The van der Waals surface area contributed by atoms with Gasteiger partial charge in [0.1, 0.15) is 10.3 Å². The fourth-order valence-corrected chi connectivity index (χ4v) is 5.61. The first kappa shape index (κ1) is 21.4. The van der Waals surface area contributed by atoms with Gasteiger partial charge in [-0.05, 0) is 24.6 Å². The van der Waals surface area contributed by atoms with Crippen LogP contribution in [0.5, 0.6) is 0 Å². The quantitative estimate of drug-likeness (QED) is 0.176. The van der Waals surface area contributed by atoms with E-state index in [1.54, 1.807) is 0 Å². The minimum atomic E-state index is 0.0418. The standard InChI is InChI=1S/C27H21N3OS2/c1-18-12-14-19(15-13-18)22-16-32-26-24(22)25(28)30(21-10-6-3-7-11-21)27(29-26)33-17-23(31)20-8-4-2-5-9-20/h2-16,28H,17H2,1H3. The molecule has 0 saturated heterocycles. The van der Waals surface area contributed by atoms with Gasteiger partial charge in [-0.1, -0.05) is 90.1 Å². The molecule has 0 aliphatic heterocycles. The van der Waals surface area contributed by atoms with E-state index in [4.69, 9.17) is 10.4 Å². The molecule has 162 valence electrons. The van der Waals surface area contributed by atoms with Gasteiger partial charge in [-0.3, -0.25) is 14.8 Å². The number of ketones is 1. The third kappa shape index (κ3) is 4.27. The molecule has 0 spiro atoms. The first-order chi connectivity index (χ1) is 16.1. The lowest BCUT2D eigenvalue weighted by Crippen LogP contribution is -2.22. The molecule has 0 fully saturated rings. The van der Waals surface area contributed by atoms with E-state index in [-0.39, 0.29) is 11.5 Å². The van der Waals surface area contributed by atoms with E-state index in [1.165, 1.54) is 28.7 Å². The molecule has 0 aliphatic rings. The Morgan fingerprint density at radius 1 is 0.970 bits per heavy atom. The van der Waals surface area contributed by atoms with Crippen molar-refractivity contribution in [3.8, 4) is 16.8 Å². The van der Waals surface area contributed by atoms with Crippen LogP contribution in [0.15, 0.2) is 95.5 Å². The van der Waals surface area contributed by atoms with E-state index in [2.05, 4.69) is 36.6 Å². The molecular weight excluding hydrogens is 446 g/mol. The van der Waals surface area contributed by atoms with Gasteiger partial charge in [0.2, 0.25) is 0 Å². The summed E-state index contributed by atoms with van der Waals surface area (Å²) < 4.78 is 1.84. The topological polar surface area (TPSA) is 58.7 Å². The highest BCUT2D eigenvalue weighted by molar-refractivity contribution is 7.99. The Kier molecular flexibility index (Phi) is 5.94. The van der Waals surface area contributed by atoms with Crippen molar-refractivity contribution in [1.29, 1.82) is 5.41 Å². The Balaban J connectivity index is 1.62. The van der Waals surface area contributed by atoms with Gasteiger partial charge in [0.15, 0.2) is 10.9 Å². The molecule has 0 atom stereocenters. The molecule has 0 saturated carbocycles. The van der Waals surface area contributed by atoms with E-state index in [1.807, 2.05) is 65.2 Å². The van der Waals surface area contributed by atoms with E-state index in [0.717, 1.165) is 27.0 Å². The molecule has 0 amide bonds. The number of carbonyl (C=O) groups excluding carboxylic acids is 1. The minimum absolute atomic E-state index is 0.0418. The van der Waals surface area contributed by atoms with Gasteiger partial charge in [-0.15, -0.1) is 11.3 Å². The van der Waals surface area contributed by atoms with Crippen LogP contribution in [0, 0.1) is 12.3 Å². The third-order valence-corrected chi connectivity index (χ3v) is 7.24. The van der Waals surface area contributed by atoms with Crippen LogP contribution in [0.4, 0.5) is 0 Å². The number of rotatable bonds is 6. The summed E-state index contributed by atoms with van der Waals surface area (Å²) in [6.07, 6.45) is 0. The normalized spacial score (nSPS) is 11.1. The summed E-state index contributed by atoms with van der Waals surface area (Å²) in [5, 5.41) is 12.7. The van der Waals surface area contributed by atoms with E-state index in [0.29, 0.717) is 16.2 Å². The predicted octanol–water partition coefficient (Wildman–Crippen LogP) is 6.52. The number of para-hydroxylation sites is 1. The molecule has 0 radical (unpaired) electrons. The average Bonchev–Trinajstić information content (AvgIpc) is 3.28. The summed E-state index contributed by atoms with van der Waals surface area (Å²) in [5.41, 5.74) is 5.19. The minimum Gasteiger partial charge on any atom is -0.293 e. The largest absolute Gasteiger partial charge is 0.293 e. The number of nitrogens with one attached hydrogen (secondary N) is 1. The summed E-state index contributed by atoms with van der Waals surface area (Å²) in [6, 6.07) is 27.4. The maximum Gasteiger partial charge on any atom is 0.176 e. The lowest BCUT2D eigenvalue weighted by molar-refractivity contribution is 0.102. The number of fused-ring (bicyclic) bond motifs is 1. The van der Waals surface area contributed by atoms with Gasteiger partial charge in [0.05, 0.1) is 11.1 Å². The monoisotopic (exact) mass is 467 g/mol. The summed E-state index contributed by atoms with van der Waals surface area (Å²) in [6.45, 7) is 2.07. The molecule has 2 aromatic heterocycles. The van der Waals surface area contributed by atoms with Crippen molar-refractivity contribution >= 4 is 39.1 Å². The van der Waals surface area contributed by atoms with Crippen molar-refractivity contribution in [3.05, 3.63) is 107 Å². The Bertz CT molecular complexity index is 1490. The average molecular weight is 468 g/mol. The van der Waals surface area contributed by atoms with Crippen molar-refractivity contribution < 1.29 is 4.79 Å². The second kappa shape index (κ2) is 9.17. The Morgan fingerprint density at radius 2 is 1.64 bits per heavy atom. The first-order valence-corrected chi connectivity index (χ1v) is 12.4. The van der Waals surface area contributed by atoms with Gasteiger partial charge in [-0.25, -0.2) is 4.98 Å². The lowest BCUT2D eigenvalue weighted by atomic mass is 10.0. The Morgan fingerprint density at radius 3 is 2.33 bits per heavy atom. The van der Waals surface area contributed by atoms with Crippen molar-refractivity contribution in [1.82, 2.24) is 9.55 Å². The zero-order chi connectivity index (χ0) is 22.8. The molecular formula is C27H21N3OS2. The molecule has 33 heavy (non-hydrogen) atoms. The summed E-state index contributed by atoms with van der Waals surface area (Å²) in [4.78, 5) is 18.4. The highest BCUT2D eigenvalue weighted by atomic mass is 32.2. The summed E-state index contributed by atoms with van der Waals surface area (Å²) in [7, 11) is 0. The van der Waals surface area contributed by atoms with Crippen molar-refractivity contribution in [2.75, 3.05) is 5.75 Å². The number of nitrogens with zero attached hydrogens (tertiary/aromatic N) is 2. The fourth-order valence-electron chi connectivity index (χ4n) is 3.70. The van der Waals surface area contributed by atoms with Gasteiger partial charge in [0.25, 0.3) is 0 Å². The molecule has 2 heterocycles. The molecule has 5 rings (SSSR count). The second-order valence-electron chi connectivity index (χ2n) is 7.69. The van der Waals surface area contributed by atoms with E-state index < -0.39 is 0 Å². The number of thiophene rings is 1. The second-order valence-corrected chi connectivity index (χ2v) is 9.49. The van der Waals surface area contributed by atoms with Crippen LogP contribution in [0.1, 0.15) is 15.9 Å². The van der Waals surface area contributed by atoms with Crippen LogP contribution in [-0.2, 0) is 0 Å². The molecule has 1 N–H and O–H groups in total. The fraction of sp³-hybridized carbons (Fsp3) is 0.0741. The number of aromatic nitrogens is 2. The van der Waals surface area contributed by atoms with Crippen LogP contribution in [0.25, 0.3) is 27.0 Å². The van der Waals surface area contributed by atoms with Gasteiger partial charge in [-0.2, -0.15) is 0 Å². The summed E-state index contributed by atoms with van der Waals surface area (Å²) in [5.74, 6) is 0.297. The first-order valence-electron chi connectivity index (χ1n) is 10.5. The Labute approximate surface area is 200 Å². The number of hydrogen-bond acceptors (Lipinski definition) is 5. The van der Waals surface area contributed by atoms with Gasteiger partial charge in [0, 0.05) is 22.2 Å². The van der Waals surface area contributed by atoms with E-state index in [9.17, 15) is 4.79 Å². The van der Waals surface area contributed by atoms with E-state index >= 15 is 0 Å². The number of aryl methyl sites for hydroxylation is 1. The van der Waals surface area contributed by atoms with Crippen LogP contribution >= 0.6 is 23.1 Å². The SMILES string of the molecule is Cc1ccc(-c2csc3nc(SCC(=O)c4ccccc4)n(-c4ccccc4)c(=N)c23)cc1. The molecule has 0 bridgehead atoms. The van der Waals surface area contributed by atoms with Crippen molar-refractivity contribution in [3.63, 3.8) is 0 Å². The number of hydrogen-bond donors (Lipinski definition) is 1. The predicted molar refractivity (Wildman–Crippen MR) is 136 cm³/mol. The molecule has 6 heteroatoms. The number of thioether (sulfide) groups is 1. The lowest BCUT2D eigenvalue weighted by Gasteiger charge is -2.14.